The Hall–Kier alpha value is -1.26. The van der Waals surface area contributed by atoms with Crippen molar-refractivity contribution in [1.29, 1.82) is 0 Å². The fourth-order valence-corrected chi connectivity index (χ4v) is 1.35. The molecule has 1 rings (SSSR count). The Labute approximate surface area is 106 Å². The Kier molecular flexibility index (Phi) is 5.80. The molecule has 2 N–H and O–H groups in total. The SMILES string of the molecule is C[C@@H](O)CNC(=O)CCOc1cccc(Cl)c1. The van der Waals surface area contributed by atoms with Gasteiger partial charge in [0.15, 0.2) is 0 Å². The number of ether oxygens (including phenoxy) is 1. The molecule has 0 aliphatic rings. The molecule has 0 radical (unpaired) electrons. The van der Waals surface area contributed by atoms with Gasteiger partial charge in [0.05, 0.1) is 19.1 Å². The molecule has 17 heavy (non-hydrogen) atoms. The Morgan fingerprint density at radius 2 is 2.35 bits per heavy atom. The maximum Gasteiger partial charge on any atom is 0.223 e. The van der Waals surface area contributed by atoms with E-state index in [9.17, 15) is 4.79 Å². The van der Waals surface area contributed by atoms with Crippen molar-refractivity contribution >= 4 is 17.5 Å². The van der Waals surface area contributed by atoms with Crippen molar-refractivity contribution in [2.75, 3.05) is 13.2 Å². The summed E-state index contributed by atoms with van der Waals surface area (Å²) in [5, 5.41) is 12.2. The molecule has 5 heteroatoms. The van der Waals surface area contributed by atoms with Gasteiger partial charge in [0.2, 0.25) is 5.91 Å². The maximum absolute atomic E-state index is 11.3. The number of rotatable bonds is 6. The number of benzene rings is 1. The third-order valence-corrected chi connectivity index (χ3v) is 2.22. The summed E-state index contributed by atoms with van der Waals surface area (Å²) in [7, 11) is 0. The lowest BCUT2D eigenvalue weighted by atomic mass is 10.3. The van der Waals surface area contributed by atoms with E-state index in [1.165, 1.54) is 0 Å². The first-order valence-electron chi connectivity index (χ1n) is 5.41. The van der Waals surface area contributed by atoms with E-state index in [1.54, 1.807) is 31.2 Å². The average molecular weight is 258 g/mol. The second kappa shape index (κ2) is 7.14. The third-order valence-electron chi connectivity index (χ3n) is 1.99. The van der Waals surface area contributed by atoms with Crippen LogP contribution in [0.25, 0.3) is 0 Å². The zero-order chi connectivity index (χ0) is 12.7. The number of carbonyl (C=O) groups is 1. The van der Waals surface area contributed by atoms with Gasteiger partial charge in [0, 0.05) is 11.6 Å². The second-order valence-electron chi connectivity index (χ2n) is 3.71. The van der Waals surface area contributed by atoms with Crippen molar-refractivity contribution in [2.45, 2.75) is 19.4 Å². The summed E-state index contributed by atoms with van der Waals surface area (Å²) < 4.78 is 5.36. The summed E-state index contributed by atoms with van der Waals surface area (Å²) in [6, 6.07) is 7.00. The molecule has 1 amide bonds. The molecule has 0 bridgehead atoms. The first-order valence-corrected chi connectivity index (χ1v) is 5.79. The highest BCUT2D eigenvalue weighted by atomic mass is 35.5. The number of aliphatic hydroxyl groups is 1. The van der Waals surface area contributed by atoms with Gasteiger partial charge in [0.25, 0.3) is 0 Å². The van der Waals surface area contributed by atoms with Crippen LogP contribution in [0.5, 0.6) is 5.75 Å². The summed E-state index contributed by atoms with van der Waals surface area (Å²) >= 11 is 5.78. The van der Waals surface area contributed by atoms with Crippen molar-refractivity contribution in [3.8, 4) is 5.75 Å². The van der Waals surface area contributed by atoms with Gasteiger partial charge in [-0.3, -0.25) is 4.79 Å². The minimum absolute atomic E-state index is 0.145. The highest BCUT2D eigenvalue weighted by Gasteiger charge is 2.03. The normalized spacial score (nSPS) is 11.9. The molecule has 4 nitrogen and oxygen atoms in total. The van der Waals surface area contributed by atoms with Crippen LogP contribution in [-0.2, 0) is 4.79 Å². The van der Waals surface area contributed by atoms with Crippen molar-refractivity contribution in [3.63, 3.8) is 0 Å². The monoisotopic (exact) mass is 257 g/mol. The van der Waals surface area contributed by atoms with Gasteiger partial charge in [-0.15, -0.1) is 0 Å². The lowest BCUT2D eigenvalue weighted by Crippen LogP contribution is -2.31. The molecule has 0 unspecified atom stereocenters. The van der Waals surface area contributed by atoms with Gasteiger partial charge in [-0.05, 0) is 25.1 Å². The van der Waals surface area contributed by atoms with Crippen LogP contribution in [0.2, 0.25) is 5.02 Å². The van der Waals surface area contributed by atoms with E-state index < -0.39 is 6.10 Å². The van der Waals surface area contributed by atoms with E-state index in [2.05, 4.69) is 5.32 Å². The molecule has 0 spiro atoms. The van der Waals surface area contributed by atoms with Crippen LogP contribution in [0.3, 0.4) is 0 Å². The number of hydrogen-bond donors (Lipinski definition) is 2. The quantitative estimate of drug-likeness (QED) is 0.814. The number of amides is 1. The molecule has 0 aliphatic heterocycles. The fraction of sp³-hybridized carbons (Fsp3) is 0.417. The molecular formula is C12H16ClNO3. The third kappa shape index (κ3) is 6.14. The van der Waals surface area contributed by atoms with Gasteiger partial charge in [-0.1, -0.05) is 17.7 Å². The van der Waals surface area contributed by atoms with Gasteiger partial charge < -0.3 is 15.2 Å². The van der Waals surface area contributed by atoms with Crippen LogP contribution in [-0.4, -0.2) is 30.3 Å². The largest absolute Gasteiger partial charge is 0.493 e. The first-order chi connectivity index (χ1) is 8.08. The van der Waals surface area contributed by atoms with E-state index in [0.29, 0.717) is 10.8 Å². The minimum atomic E-state index is -0.534. The fourth-order valence-electron chi connectivity index (χ4n) is 1.17. The lowest BCUT2D eigenvalue weighted by Gasteiger charge is -2.08. The Balaban J connectivity index is 2.21. The zero-order valence-corrected chi connectivity index (χ0v) is 10.4. The lowest BCUT2D eigenvalue weighted by molar-refractivity contribution is -0.122. The molecule has 0 saturated carbocycles. The Bertz CT molecular complexity index is 369. The number of aliphatic hydroxyl groups excluding tert-OH is 1. The predicted octanol–water partition coefficient (Wildman–Crippen LogP) is 1.61. The molecule has 1 atom stereocenters. The average Bonchev–Trinajstić information content (AvgIpc) is 2.26. The van der Waals surface area contributed by atoms with Crippen LogP contribution in [0.15, 0.2) is 24.3 Å². The van der Waals surface area contributed by atoms with E-state index in [4.69, 9.17) is 21.4 Å². The number of nitrogens with one attached hydrogen (secondary N) is 1. The Morgan fingerprint density at radius 1 is 1.59 bits per heavy atom. The van der Waals surface area contributed by atoms with Crippen molar-refractivity contribution in [1.82, 2.24) is 5.32 Å². The molecule has 0 aliphatic carbocycles. The first kappa shape index (κ1) is 13.8. The van der Waals surface area contributed by atoms with E-state index in [-0.39, 0.29) is 25.5 Å². The topological polar surface area (TPSA) is 58.6 Å². The molecule has 94 valence electrons. The summed E-state index contributed by atoms with van der Waals surface area (Å²) in [4.78, 5) is 11.3. The molecule has 0 saturated heterocycles. The van der Waals surface area contributed by atoms with Crippen LogP contribution < -0.4 is 10.1 Å². The highest BCUT2D eigenvalue weighted by molar-refractivity contribution is 6.30. The van der Waals surface area contributed by atoms with Crippen molar-refractivity contribution in [3.05, 3.63) is 29.3 Å². The van der Waals surface area contributed by atoms with E-state index in [0.717, 1.165) is 0 Å². The highest BCUT2D eigenvalue weighted by Crippen LogP contribution is 2.16. The van der Waals surface area contributed by atoms with Gasteiger partial charge >= 0.3 is 0 Å². The summed E-state index contributed by atoms with van der Waals surface area (Å²) in [6.45, 7) is 2.16. The Morgan fingerprint density at radius 3 is 3.00 bits per heavy atom. The second-order valence-corrected chi connectivity index (χ2v) is 4.15. The molecule has 0 heterocycles. The van der Waals surface area contributed by atoms with Crippen LogP contribution in [0, 0.1) is 0 Å². The summed E-state index contributed by atoms with van der Waals surface area (Å²) in [6.07, 6.45) is -0.285. The number of hydrogen-bond acceptors (Lipinski definition) is 3. The van der Waals surface area contributed by atoms with E-state index in [1.807, 2.05) is 0 Å². The number of carbonyl (C=O) groups excluding carboxylic acids is 1. The molecule has 1 aromatic carbocycles. The van der Waals surface area contributed by atoms with Gasteiger partial charge in [-0.25, -0.2) is 0 Å². The summed E-state index contributed by atoms with van der Waals surface area (Å²) in [5.74, 6) is 0.494. The van der Waals surface area contributed by atoms with Crippen molar-refractivity contribution in [2.24, 2.45) is 0 Å². The van der Waals surface area contributed by atoms with Crippen LogP contribution in [0.1, 0.15) is 13.3 Å². The molecule has 1 aromatic rings. The summed E-state index contributed by atoms with van der Waals surface area (Å²) in [5.41, 5.74) is 0. The standard InChI is InChI=1S/C12H16ClNO3/c1-9(15)8-14-12(16)5-6-17-11-4-2-3-10(13)7-11/h2-4,7,9,15H,5-6,8H2,1H3,(H,14,16)/t9-/m1/s1. The smallest absolute Gasteiger partial charge is 0.223 e. The van der Waals surface area contributed by atoms with Crippen molar-refractivity contribution < 1.29 is 14.6 Å². The number of halogens is 1. The van der Waals surface area contributed by atoms with E-state index >= 15 is 0 Å². The van der Waals surface area contributed by atoms with Gasteiger partial charge in [0.1, 0.15) is 5.75 Å². The van der Waals surface area contributed by atoms with Gasteiger partial charge in [-0.2, -0.15) is 0 Å². The van der Waals surface area contributed by atoms with Crippen LogP contribution in [0.4, 0.5) is 0 Å². The molecular weight excluding hydrogens is 242 g/mol. The maximum atomic E-state index is 11.3. The molecule has 0 fully saturated rings. The van der Waals surface area contributed by atoms with Crippen LogP contribution >= 0.6 is 11.6 Å². The minimum Gasteiger partial charge on any atom is -0.493 e. The zero-order valence-electron chi connectivity index (χ0n) is 9.65. The predicted molar refractivity (Wildman–Crippen MR) is 66.3 cm³/mol. The molecule has 0 aromatic heterocycles.